The predicted octanol–water partition coefficient (Wildman–Crippen LogP) is 4.52. The minimum atomic E-state index is -3.82. The van der Waals surface area contributed by atoms with Crippen molar-refractivity contribution in [2.75, 3.05) is 44.8 Å². The summed E-state index contributed by atoms with van der Waals surface area (Å²) in [5.74, 6) is 0.822. The molecule has 2 aromatic carbocycles. The van der Waals surface area contributed by atoms with Crippen molar-refractivity contribution in [3.63, 3.8) is 0 Å². The molecule has 5 rings (SSSR count). The van der Waals surface area contributed by atoms with Crippen LogP contribution in [0.25, 0.3) is 10.2 Å². The number of fused-ring (bicyclic) bond motifs is 1. The Morgan fingerprint density at radius 1 is 1.07 bits per heavy atom. The monoisotopic (exact) mass is 598 g/mol. The second kappa shape index (κ2) is 11.9. The molecule has 0 bridgehead atoms. The van der Waals surface area contributed by atoms with Crippen molar-refractivity contribution in [2.45, 2.75) is 25.3 Å². The quantitative estimate of drug-likeness (QED) is 0.290. The molecular formula is C28H30N4O7S2. The van der Waals surface area contributed by atoms with Gasteiger partial charge in [0.1, 0.15) is 17.0 Å². The van der Waals surface area contributed by atoms with Crippen molar-refractivity contribution in [3.05, 3.63) is 71.7 Å². The van der Waals surface area contributed by atoms with E-state index in [0.717, 1.165) is 10.3 Å². The number of aryl methyl sites for hydroxylation is 1. The Balaban J connectivity index is 1.39. The van der Waals surface area contributed by atoms with Crippen LogP contribution in [0.15, 0.2) is 64.1 Å². The van der Waals surface area contributed by atoms with E-state index in [-0.39, 0.29) is 50.1 Å². The van der Waals surface area contributed by atoms with Crippen LogP contribution in [0.3, 0.4) is 0 Å². The summed E-state index contributed by atoms with van der Waals surface area (Å²) in [6.07, 6.45) is 1.09. The molecule has 0 saturated carbocycles. The van der Waals surface area contributed by atoms with Gasteiger partial charge in [0.05, 0.1) is 36.1 Å². The SMILES string of the molecule is CCOC(=O)N1CCN(S(=O)(=O)c2ccc(C(=O)N(Cc3ccco3)c3nc4c(OC)ccc(C)c4s3)cc2)CC1. The van der Waals surface area contributed by atoms with Gasteiger partial charge in [0, 0.05) is 31.7 Å². The van der Waals surface area contributed by atoms with Crippen molar-refractivity contribution in [1.82, 2.24) is 14.2 Å². The summed E-state index contributed by atoms with van der Waals surface area (Å²) in [6, 6.07) is 13.2. The zero-order valence-corrected chi connectivity index (χ0v) is 24.5. The Bertz CT molecular complexity index is 1640. The van der Waals surface area contributed by atoms with E-state index >= 15 is 0 Å². The lowest BCUT2D eigenvalue weighted by Gasteiger charge is -2.33. The number of carbonyl (C=O) groups excluding carboxylic acids is 2. The highest BCUT2D eigenvalue weighted by Gasteiger charge is 2.31. The van der Waals surface area contributed by atoms with E-state index in [1.165, 1.54) is 56.0 Å². The molecule has 0 spiro atoms. The number of thiazole rings is 1. The number of aromatic nitrogens is 1. The number of hydrogen-bond acceptors (Lipinski definition) is 9. The topological polar surface area (TPSA) is 122 Å². The molecule has 216 valence electrons. The summed E-state index contributed by atoms with van der Waals surface area (Å²) in [5, 5.41) is 0.463. The number of hydrogen-bond donors (Lipinski definition) is 0. The molecule has 0 radical (unpaired) electrons. The van der Waals surface area contributed by atoms with Crippen LogP contribution < -0.4 is 9.64 Å². The summed E-state index contributed by atoms with van der Waals surface area (Å²) in [6.45, 7) is 4.87. The molecule has 11 nitrogen and oxygen atoms in total. The van der Waals surface area contributed by atoms with Crippen LogP contribution in [0, 0.1) is 6.92 Å². The maximum Gasteiger partial charge on any atom is 0.409 e. The number of methoxy groups -OCH3 is 1. The smallest absolute Gasteiger partial charge is 0.409 e. The van der Waals surface area contributed by atoms with Gasteiger partial charge in [-0.05, 0) is 61.9 Å². The number of benzene rings is 2. The molecule has 1 aliphatic rings. The Kier molecular flexibility index (Phi) is 8.29. The average molecular weight is 599 g/mol. The second-order valence-corrected chi connectivity index (χ2v) is 12.3. The van der Waals surface area contributed by atoms with Gasteiger partial charge in [-0.1, -0.05) is 17.4 Å². The van der Waals surface area contributed by atoms with Gasteiger partial charge in [0.2, 0.25) is 10.0 Å². The van der Waals surface area contributed by atoms with Crippen LogP contribution in [0.1, 0.15) is 28.6 Å². The second-order valence-electron chi connectivity index (χ2n) is 9.34. The van der Waals surface area contributed by atoms with Gasteiger partial charge in [-0.15, -0.1) is 0 Å². The third-order valence-corrected chi connectivity index (χ3v) is 9.91. The van der Waals surface area contributed by atoms with E-state index in [2.05, 4.69) is 0 Å². The number of piperazine rings is 1. The number of rotatable bonds is 8. The number of nitrogens with zero attached hydrogens (tertiary/aromatic N) is 4. The van der Waals surface area contributed by atoms with Crippen LogP contribution in [-0.4, -0.2) is 74.5 Å². The zero-order chi connectivity index (χ0) is 29.1. The molecule has 0 atom stereocenters. The highest BCUT2D eigenvalue weighted by Crippen LogP contribution is 2.37. The Labute approximate surface area is 241 Å². The highest BCUT2D eigenvalue weighted by molar-refractivity contribution is 7.89. The van der Waals surface area contributed by atoms with Crippen molar-refractivity contribution < 1.29 is 31.9 Å². The van der Waals surface area contributed by atoms with E-state index in [1.807, 2.05) is 19.1 Å². The minimum Gasteiger partial charge on any atom is -0.494 e. The molecule has 2 aromatic heterocycles. The van der Waals surface area contributed by atoms with Gasteiger partial charge in [-0.25, -0.2) is 18.2 Å². The lowest BCUT2D eigenvalue weighted by molar-refractivity contribution is 0.0933. The maximum absolute atomic E-state index is 13.8. The fraction of sp³-hybridized carbons (Fsp3) is 0.321. The van der Waals surface area contributed by atoms with Crippen molar-refractivity contribution >= 4 is 48.7 Å². The van der Waals surface area contributed by atoms with Crippen LogP contribution in [0.4, 0.5) is 9.93 Å². The molecule has 2 amide bonds. The van der Waals surface area contributed by atoms with E-state index in [0.29, 0.717) is 27.7 Å². The Hall–Kier alpha value is -3.94. The van der Waals surface area contributed by atoms with Gasteiger partial charge < -0.3 is 18.8 Å². The minimum absolute atomic E-state index is 0.0663. The Morgan fingerprint density at radius 3 is 2.44 bits per heavy atom. The molecule has 4 aromatic rings. The fourth-order valence-corrected chi connectivity index (χ4v) is 7.03. The van der Waals surface area contributed by atoms with Crippen LogP contribution in [-0.2, 0) is 21.3 Å². The van der Waals surface area contributed by atoms with Crippen molar-refractivity contribution in [1.29, 1.82) is 0 Å². The number of ether oxygens (including phenoxy) is 2. The van der Waals surface area contributed by atoms with Gasteiger partial charge >= 0.3 is 6.09 Å². The molecule has 1 saturated heterocycles. The average Bonchev–Trinajstić information content (AvgIpc) is 3.67. The number of sulfonamides is 1. The van der Waals surface area contributed by atoms with Crippen LogP contribution in [0.2, 0.25) is 0 Å². The summed E-state index contributed by atoms with van der Waals surface area (Å²) in [5.41, 5.74) is 1.97. The van der Waals surface area contributed by atoms with Gasteiger partial charge in [-0.3, -0.25) is 9.69 Å². The maximum atomic E-state index is 13.8. The fourth-order valence-electron chi connectivity index (χ4n) is 4.56. The van der Waals surface area contributed by atoms with E-state index < -0.39 is 16.1 Å². The number of carbonyl (C=O) groups is 2. The molecule has 1 fully saturated rings. The third kappa shape index (κ3) is 5.78. The predicted molar refractivity (Wildman–Crippen MR) is 154 cm³/mol. The summed E-state index contributed by atoms with van der Waals surface area (Å²) < 4.78 is 44.8. The summed E-state index contributed by atoms with van der Waals surface area (Å²) in [7, 11) is -2.24. The van der Waals surface area contributed by atoms with Crippen molar-refractivity contribution in [3.8, 4) is 5.75 Å². The first-order chi connectivity index (χ1) is 19.7. The Morgan fingerprint density at radius 2 is 1.80 bits per heavy atom. The van der Waals surface area contributed by atoms with Crippen molar-refractivity contribution in [2.24, 2.45) is 0 Å². The molecule has 13 heteroatoms. The van der Waals surface area contributed by atoms with E-state index in [9.17, 15) is 18.0 Å². The molecule has 3 heterocycles. The highest BCUT2D eigenvalue weighted by atomic mass is 32.2. The first-order valence-corrected chi connectivity index (χ1v) is 15.3. The van der Waals surface area contributed by atoms with E-state index in [1.54, 1.807) is 26.2 Å². The number of furan rings is 1. The summed E-state index contributed by atoms with van der Waals surface area (Å²) in [4.78, 5) is 33.6. The molecule has 0 N–H and O–H groups in total. The van der Waals surface area contributed by atoms with Gasteiger partial charge in [0.25, 0.3) is 5.91 Å². The lowest BCUT2D eigenvalue weighted by Crippen LogP contribution is -2.50. The first kappa shape index (κ1) is 28.6. The standard InChI is InChI=1S/C28H30N4O7S2/c1-4-38-28(34)30-13-15-31(16-14-30)41(35,36)22-10-8-20(9-11-22)26(33)32(18-21-6-5-17-39-21)27-29-24-23(37-3)12-7-19(2)25(24)40-27/h5-12,17H,4,13-16,18H2,1-3H3. The van der Waals surface area contributed by atoms with Gasteiger partial charge in [0.15, 0.2) is 5.13 Å². The van der Waals surface area contributed by atoms with Crippen LogP contribution >= 0.6 is 11.3 Å². The third-order valence-electron chi connectivity index (χ3n) is 6.79. The van der Waals surface area contributed by atoms with E-state index in [4.69, 9.17) is 18.9 Å². The summed E-state index contributed by atoms with van der Waals surface area (Å²) >= 11 is 1.37. The molecule has 1 aliphatic heterocycles. The molecule has 41 heavy (non-hydrogen) atoms. The molecule has 0 unspecified atom stereocenters. The molecule has 0 aliphatic carbocycles. The molecular weight excluding hydrogens is 568 g/mol. The van der Waals surface area contributed by atoms with Crippen LogP contribution in [0.5, 0.6) is 5.75 Å². The number of amides is 2. The van der Waals surface area contributed by atoms with Gasteiger partial charge in [-0.2, -0.15) is 4.31 Å². The zero-order valence-electron chi connectivity index (χ0n) is 22.9. The lowest BCUT2D eigenvalue weighted by atomic mass is 10.2. The largest absolute Gasteiger partial charge is 0.494 e. The normalized spacial score (nSPS) is 14.3. The first-order valence-electron chi connectivity index (χ1n) is 13.0. The number of anilines is 1.